The summed E-state index contributed by atoms with van der Waals surface area (Å²) in [5, 5.41) is 13.4. The number of hydrogen-bond donors (Lipinski definition) is 0. The zero-order valence-electron chi connectivity index (χ0n) is 21.8. The van der Waals surface area contributed by atoms with Gasteiger partial charge in [0.2, 0.25) is 5.69 Å². The Morgan fingerprint density at radius 3 is 1.78 bits per heavy atom. The second kappa shape index (κ2) is 9.81. The second-order valence-electron chi connectivity index (χ2n) is 9.74. The van der Waals surface area contributed by atoms with E-state index in [9.17, 15) is 10.1 Å². The first-order chi connectivity index (χ1) is 20.2. The fourth-order valence-electron chi connectivity index (χ4n) is 5.81. The Labute approximate surface area is 235 Å². The molecular formula is C34H23N5O2. The first kappa shape index (κ1) is 24.4. The van der Waals surface area contributed by atoms with Crippen LogP contribution in [-0.2, 0) is 5.54 Å². The summed E-state index contributed by atoms with van der Waals surface area (Å²) in [5.41, 5.74) is 5.03. The summed E-state index contributed by atoms with van der Waals surface area (Å²) in [6, 6.07) is 41.9. The van der Waals surface area contributed by atoms with Crippen molar-refractivity contribution in [1.29, 1.82) is 0 Å². The molecule has 3 aromatic carbocycles. The predicted octanol–water partition coefficient (Wildman–Crippen LogP) is 7.39. The van der Waals surface area contributed by atoms with E-state index in [2.05, 4.69) is 87.3 Å². The normalized spacial score (nSPS) is 11.6. The molecule has 7 aromatic rings. The summed E-state index contributed by atoms with van der Waals surface area (Å²) < 4.78 is 2.28. The third-order valence-corrected chi connectivity index (χ3v) is 7.51. The van der Waals surface area contributed by atoms with Crippen molar-refractivity contribution >= 4 is 27.8 Å². The summed E-state index contributed by atoms with van der Waals surface area (Å²) in [5.74, 6) is -0.221. The lowest BCUT2D eigenvalue weighted by molar-refractivity contribution is -0.389. The van der Waals surface area contributed by atoms with Crippen LogP contribution < -0.4 is 0 Å². The highest BCUT2D eigenvalue weighted by Gasteiger charge is 2.41. The van der Waals surface area contributed by atoms with E-state index in [-0.39, 0.29) is 5.82 Å². The number of benzene rings is 3. The van der Waals surface area contributed by atoms with Crippen molar-refractivity contribution in [3.8, 4) is 11.4 Å². The van der Waals surface area contributed by atoms with Crippen LogP contribution in [0, 0.1) is 10.1 Å². The van der Waals surface area contributed by atoms with E-state index in [0.29, 0.717) is 11.4 Å². The minimum absolute atomic E-state index is 0.221. The van der Waals surface area contributed by atoms with E-state index in [1.165, 1.54) is 6.07 Å². The van der Waals surface area contributed by atoms with Crippen LogP contribution >= 0.6 is 0 Å². The molecule has 0 radical (unpaired) electrons. The van der Waals surface area contributed by atoms with E-state index < -0.39 is 10.5 Å². The maximum absolute atomic E-state index is 11.5. The van der Waals surface area contributed by atoms with Gasteiger partial charge in [-0.3, -0.25) is 4.98 Å². The number of aromatic nitrogens is 4. The van der Waals surface area contributed by atoms with Gasteiger partial charge in [-0.25, -0.2) is 4.98 Å². The zero-order chi connectivity index (χ0) is 27.8. The molecule has 196 valence electrons. The van der Waals surface area contributed by atoms with Crippen molar-refractivity contribution in [3.05, 3.63) is 167 Å². The Morgan fingerprint density at radius 1 is 0.610 bits per heavy atom. The lowest BCUT2D eigenvalue weighted by Crippen LogP contribution is -2.37. The molecule has 7 rings (SSSR count). The lowest BCUT2D eigenvalue weighted by atomic mass is 9.76. The van der Waals surface area contributed by atoms with Gasteiger partial charge in [-0.15, -0.1) is 0 Å². The SMILES string of the molecule is O=[N+]([O-])c1cccc(-c2ccc3c4cnccc4n(C(c4ccccc4)(c4ccccc4)c4ccccc4)c3n2)n1. The molecule has 0 spiro atoms. The van der Waals surface area contributed by atoms with E-state index in [4.69, 9.17) is 4.98 Å². The third kappa shape index (κ3) is 3.86. The molecule has 4 aromatic heterocycles. The number of fused-ring (bicyclic) bond motifs is 3. The Hall–Kier alpha value is -5.69. The predicted molar refractivity (Wildman–Crippen MR) is 160 cm³/mol. The molecule has 7 nitrogen and oxygen atoms in total. The number of rotatable bonds is 6. The molecule has 4 heterocycles. The van der Waals surface area contributed by atoms with Crippen molar-refractivity contribution in [3.63, 3.8) is 0 Å². The van der Waals surface area contributed by atoms with E-state index in [0.717, 1.165) is 38.6 Å². The van der Waals surface area contributed by atoms with Gasteiger partial charge in [0.15, 0.2) is 0 Å². The summed E-state index contributed by atoms with van der Waals surface area (Å²) in [6.45, 7) is 0. The Balaban J connectivity index is 1.66. The quantitative estimate of drug-likeness (QED) is 0.126. The molecule has 0 aliphatic rings. The standard InChI is InChI=1S/C34H23N5O2/c40-39(41)32-18-10-17-29(36-32)30-20-19-27-28-23-35-22-21-31(28)38(33(27)37-30)34(24-11-4-1-5-12-24,25-13-6-2-7-14-25)26-15-8-3-9-16-26/h1-23H. The number of nitrogens with zero attached hydrogens (tertiary/aromatic N) is 5. The molecule has 0 unspecified atom stereocenters. The van der Waals surface area contributed by atoms with Gasteiger partial charge in [-0.05, 0) is 56.9 Å². The Morgan fingerprint density at radius 2 is 1.20 bits per heavy atom. The highest BCUT2D eigenvalue weighted by molar-refractivity contribution is 6.07. The van der Waals surface area contributed by atoms with Crippen LogP contribution in [0.5, 0.6) is 0 Å². The summed E-state index contributed by atoms with van der Waals surface area (Å²) in [6.07, 6.45) is 3.67. The van der Waals surface area contributed by atoms with Gasteiger partial charge in [0.05, 0.1) is 5.52 Å². The van der Waals surface area contributed by atoms with Crippen LogP contribution in [0.4, 0.5) is 5.82 Å². The van der Waals surface area contributed by atoms with Gasteiger partial charge >= 0.3 is 5.82 Å². The summed E-state index contributed by atoms with van der Waals surface area (Å²) >= 11 is 0. The Bertz CT molecular complexity index is 1930. The van der Waals surface area contributed by atoms with Crippen LogP contribution in [0.25, 0.3) is 33.3 Å². The third-order valence-electron chi connectivity index (χ3n) is 7.51. The van der Waals surface area contributed by atoms with Crippen LogP contribution in [0.1, 0.15) is 16.7 Å². The minimum Gasteiger partial charge on any atom is -0.358 e. The zero-order valence-corrected chi connectivity index (χ0v) is 21.8. The molecule has 0 saturated carbocycles. The van der Waals surface area contributed by atoms with Crippen molar-refractivity contribution in [1.82, 2.24) is 19.5 Å². The molecule has 41 heavy (non-hydrogen) atoms. The van der Waals surface area contributed by atoms with Crippen LogP contribution in [0.15, 0.2) is 140 Å². The molecular weight excluding hydrogens is 510 g/mol. The summed E-state index contributed by atoms with van der Waals surface area (Å²) in [4.78, 5) is 24.9. The van der Waals surface area contributed by atoms with E-state index >= 15 is 0 Å². The average Bonchev–Trinajstić information content (AvgIpc) is 3.37. The smallest absolute Gasteiger partial charge is 0.358 e. The molecule has 0 aliphatic heterocycles. The van der Waals surface area contributed by atoms with Crippen LogP contribution in [0.2, 0.25) is 0 Å². The van der Waals surface area contributed by atoms with Crippen LogP contribution in [0.3, 0.4) is 0 Å². The molecule has 0 aliphatic carbocycles. The maximum Gasteiger partial charge on any atom is 0.364 e. The highest BCUT2D eigenvalue weighted by atomic mass is 16.6. The summed E-state index contributed by atoms with van der Waals surface area (Å²) in [7, 11) is 0. The van der Waals surface area contributed by atoms with Crippen molar-refractivity contribution in [2.75, 3.05) is 0 Å². The topological polar surface area (TPSA) is 86.7 Å². The number of nitro groups is 1. The van der Waals surface area contributed by atoms with Crippen LogP contribution in [-0.4, -0.2) is 24.4 Å². The van der Waals surface area contributed by atoms with Crippen molar-refractivity contribution in [2.24, 2.45) is 0 Å². The van der Waals surface area contributed by atoms with Crippen molar-refractivity contribution < 1.29 is 4.92 Å². The lowest BCUT2D eigenvalue weighted by Gasteiger charge is -2.38. The fraction of sp³-hybridized carbons (Fsp3) is 0.0294. The fourth-order valence-corrected chi connectivity index (χ4v) is 5.81. The molecule has 0 atom stereocenters. The van der Waals surface area contributed by atoms with Gasteiger partial charge in [-0.2, -0.15) is 0 Å². The highest BCUT2D eigenvalue weighted by Crippen LogP contribution is 2.45. The van der Waals surface area contributed by atoms with Gasteiger partial charge in [0, 0.05) is 29.2 Å². The van der Waals surface area contributed by atoms with Gasteiger partial charge in [0.1, 0.15) is 16.9 Å². The van der Waals surface area contributed by atoms with Gasteiger partial charge in [-0.1, -0.05) is 91.0 Å². The van der Waals surface area contributed by atoms with Gasteiger partial charge < -0.3 is 14.7 Å². The molecule has 7 heteroatoms. The van der Waals surface area contributed by atoms with E-state index in [1.54, 1.807) is 18.3 Å². The Kier molecular flexibility index (Phi) is 5.83. The number of pyridine rings is 3. The minimum atomic E-state index is -0.813. The largest absolute Gasteiger partial charge is 0.364 e. The monoisotopic (exact) mass is 533 g/mol. The van der Waals surface area contributed by atoms with Crippen molar-refractivity contribution in [2.45, 2.75) is 5.54 Å². The molecule has 0 saturated heterocycles. The molecule has 0 amide bonds. The molecule has 0 bridgehead atoms. The molecule has 0 fully saturated rings. The maximum atomic E-state index is 11.5. The average molecular weight is 534 g/mol. The second-order valence-corrected chi connectivity index (χ2v) is 9.74. The van der Waals surface area contributed by atoms with Gasteiger partial charge in [0.25, 0.3) is 0 Å². The molecule has 0 N–H and O–H groups in total. The first-order valence-electron chi connectivity index (χ1n) is 13.2. The number of hydrogen-bond acceptors (Lipinski definition) is 5. The van der Waals surface area contributed by atoms with E-state index in [1.807, 2.05) is 42.6 Å². The first-order valence-corrected chi connectivity index (χ1v) is 13.2.